The van der Waals surface area contributed by atoms with Crippen LogP contribution in [0.1, 0.15) is 44.0 Å². The zero-order chi connectivity index (χ0) is 12.4. The van der Waals surface area contributed by atoms with E-state index in [0.29, 0.717) is 6.04 Å². The molecule has 3 heteroatoms. The third-order valence-corrected chi connectivity index (χ3v) is 4.02. The highest BCUT2D eigenvalue weighted by molar-refractivity contribution is 5.28. The first-order valence-electron chi connectivity index (χ1n) is 6.73. The van der Waals surface area contributed by atoms with Gasteiger partial charge in [-0.2, -0.15) is 0 Å². The van der Waals surface area contributed by atoms with E-state index in [4.69, 9.17) is 5.73 Å². The lowest BCUT2D eigenvalue weighted by Gasteiger charge is -2.24. The molecule has 1 aromatic heterocycles. The minimum Gasteiger partial charge on any atom is -0.350 e. The Morgan fingerprint density at radius 2 is 2.29 bits per heavy atom. The van der Waals surface area contributed by atoms with E-state index in [1.807, 2.05) is 0 Å². The van der Waals surface area contributed by atoms with Crippen molar-refractivity contribution in [2.45, 2.75) is 51.7 Å². The van der Waals surface area contributed by atoms with Crippen molar-refractivity contribution in [3.63, 3.8) is 0 Å². The van der Waals surface area contributed by atoms with Crippen LogP contribution in [0.5, 0.6) is 0 Å². The Kier molecular flexibility index (Phi) is 3.89. The summed E-state index contributed by atoms with van der Waals surface area (Å²) in [5, 5.41) is 0. The molecule has 0 aliphatic heterocycles. The van der Waals surface area contributed by atoms with Crippen LogP contribution in [0, 0.1) is 0 Å². The lowest BCUT2D eigenvalue weighted by atomic mass is 9.94. The molecule has 1 aromatic rings. The third-order valence-electron chi connectivity index (χ3n) is 4.02. The summed E-state index contributed by atoms with van der Waals surface area (Å²) < 4.78 is 2.40. The van der Waals surface area contributed by atoms with Crippen molar-refractivity contribution in [2.75, 3.05) is 13.6 Å². The molecule has 17 heavy (non-hydrogen) atoms. The van der Waals surface area contributed by atoms with Gasteiger partial charge in [-0.1, -0.05) is 0 Å². The lowest BCUT2D eigenvalue weighted by molar-refractivity contribution is 0.261. The van der Waals surface area contributed by atoms with Crippen LogP contribution in [0.15, 0.2) is 12.3 Å². The minimum absolute atomic E-state index is 0.267. The normalized spacial score (nSPS) is 20.0. The number of nitrogens with two attached hydrogens (primary N) is 1. The van der Waals surface area contributed by atoms with E-state index in [1.165, 1.54) is 24.1 Å². The number of hydrogen-bond donors (Lipinski definition) is 1. The van der Waals surface area contributed by atoms with Gasteiger partial charge in [-0.15, -0.1) is 0 Å². The van der Waals surface area contributed by atoms with Gasteiger partial charge in [-0.05, 0) is 51.8 Å². The first-order chi connectivity index (χ1) is 8.09. The Bertz CT molecular complexity index is 368. The molecule has 1 aliphatic carbocycles. The van der Waals surface area contributed by atoms with Gasteiger partial charge < -0.3 is 15.2 Å². The summed E-state index contributed by atoms with van der Waals surface area (Å²) in [5.74, 6) is 0. The summed E-state index contributed by atoms with van der Waals surface area (Å²) in [6.07, 6.45) is 5.78. The molecule has 3 nitrogen and oxygen atoms in total. The number of fused-ring (bicyclic) bond motifs is 1. The van der Waals surface area contributed by atoms with Gasteiger partial charge in [0.25, 0.3) is 0 Å². The molecule has 2 N–H and O–H groups in total. The smallest absolute Gasteiger partial charge is 0.0350 e. The predicted octanol–water partition coefficient (Wildman–Crippen LogP) is 2.16. The molecule has 0 saturated carbocycles. The van der Waals surface area contributed by atoms with E-state index < -0.39 is 0 Å². The van der Waals surface area contributed by atoms with Crippen LogP contribution in [0.4, 0.5) is 0 Å². The van der Waals surface area contributed by atoms with E-state index in [0.717, 1.165) is 19.5 Å². The van der Waals surface area contributed by atoms with Gasteiger partial charge >= 0.3 is 0 Å². The number of likely N-dealkylation sites (N-methyl/N-ethyl adjacent to an activating group) is 1. The monoisotopic (exact) mass is 235 g/mol. The number of hydrogen-bond acceptors (Lipinski definition) is 2. The molecule has 96 valence electrons. The summed E-state index contributed by atoms with van der Waals surface area (Å²) in [6, 6.07) is 3.10. The molecule has 1 aliphatic rings. The molecule has 0 aromatic carbocycles. The molecule has 1 unspecified atom stereocenters. The first kappa shape index (κ1) is 12.7. The molecule has 0 fully saturated rings. The highest BCUT2D eigenvalue weighted by Gasteiger charge is 2.19. The molecular formula is C14H25N3. The summed E-state index contributed by atoms with van der Waals surface area (Å²) in [5.41, 5.74) is 8.99. The Balaban J connectivity index is 2.03. The summed E-state index contributed by atoms with van der Waals surface area (Å²) in [6.45, 7) is 6.66. The minimum atomic E-state index is 0.267. The molecular weight excluding hydrogens is 210 g/mol. The maximum absolute atomic E-state index is 6.14. The van der Waals surface area contributed by atoms with Gasteiger partial charge in [-0.25, -0.2) is 0 Å². The Morgan fingerprint density at radius 3 is 3.00 bits per heavy atom. The van der Waals surface area contributed by atoms with Gasteiger partial charge in [0.1, 0.15) is 0 Å². The molecule has 0 bridgehead atoms. The Morgan fingerprint density at radius 1 is 1.53 bits per heavy atom. The van der Waals surface area contributed by atoms with Crippen molar-refractivity contribution in [3.8, 4) is 0 Å². The Labute approximate surface area is 105 Å². The maximum Gasteiger partial charge on any atom is 0.0350 e. The van der Waals surface area contributed by atoms with E-state index in [9.17, 15) is 0 Å². The van der Waals surface area contributed by atoms with Crippen LogP contribution in [-0.4, -0.2) is 29.1 Å². The van der Waals surface area contributed by atoms with Crippen LogP contribution in [-0.2, 0) is 13.0 Å². The summed E-state index contributed by atoms with van der Waals surface area (Å²) in [4.78, 5) is 2.38. The van der Waals surface area contributed by atoms with Crippen molar-refractivity contribution in [2.24, 2.45) is 5.73 Å². The average Bonchev–Trinajstić information content (AvgIpc) is 2.70. The van der Waals surface area contributed by atoms with Crippen molar-refractivity contribution in [1.29, 1.82) is 0 Å². The molecule has 0 saturated heterocycles. The van der Waals surface area contributed by atoms with Gasteiger partial charge in [0.2, 0.25) is 0 Å². The molecule has 0 amide bonds. The van der Waals surface area contributed by atoms with Crippen LogP contribution >= 0.6 is 0 Å². The molecule has 1 atom stereocenters. The van der Waals surface area contributed by atoms with E-state index in [-0.39, 0.29) is 6.04 Å². The predicted molar refractivity (Wildman–Crippen MR) is 72.1 cm³/mol. The number of nitrogens with zero attached hydrogens (tertiary/aromatic N) is 2. The fraction of sp³-hybridized carbons (Fsp3) is 0.714. The molecule has 2 rings (SSSR count). The topological polar surface area (TPSA) is 34.2 Å². The molecule has 0 radical (unpaired) electrons. The highest BCUT2D eigenvalue weighted by atomic mass is 15.1. The van der Waals surface area contributed by atoms with Crippen molar-refractivity contribution >= 4 is 0 Å². The second-order valence-corrected chi connectivity index (χ2v) is 5.48. The van der Waals surface area contributed by atoms with Crippen molar-refractivity contribution in [1.82, 2.24) is 9.47 Å². The second-order valence-electron chi connectivity index (χ2n) is 5.48. The second kappa shape index (κ2) is 5.23. The maximum atomic E-state index is 6.14. The summed E-state index contributed by atoms with van der Waals surface area (Å²) >= 11 is 0. The average molecular weight is 235 g/mol. The SMILES string of the molecule is CC(C)N(C)CCn1ccc2c1CCCC2N. The molecule has 0 spiro atoms. The quantitative estimate of drug-likeness (QED) is 0.868. The Hall–Kier alpha value is -0.800. The zero-order valence-corrected chi connectivity index (χ0v) is 11.3. The number of rotatable bonds is 4. The number of aromatic nitrogens is 1. The first-order valence-corrected chi connectivity index (χ1v) is 6.73. The van der Waals surface area contributed by atoms with E-state index >= 15 is 0 Å². The third kappa shape index (κ3) is 2.72. The van der Waals surface area contributed by atoms with Crippen LogP contribution in [0.3, 0.4) is 0 Å². The van der Waals surface area contributed by atoms with Crippen molar-refractivity contribution < 1.29 is 0 Å². The highest BCUT2D eigenvalue weighted by Crippen LogP contribution is 2.28. The largest absolute Gasteiger partial charge is 0.350 e. The fourth-order valence-electron chi connectivity index (χ4n) is 2.53. The van der Waals surface area contributed by atoms with Crippen molar-refractivity contribution in [3.05, 3.63) is 23.5 Å². The van der Waals surface area contributed by atoms with Crippen LogP contribution in [0.2, 0.25) is 0 Å². The van der Waals surface area contributed by atoms with Gasteiger partial charge in [0.15, 0.2) is 0 Å². The van der Waals surface area contributed by atoms with Crippen LogP contribution in [0.25, 0.3) is 0 Å². The van der Waals surface area contributed by atoms with E-state index in [1.54, 1.807) is 0 Å². The standard InChI is InChI=1S/C14H25N3/c1-11(2)16(3)9-10-17-8-7-12-13(15)5-4-6-14(12)17/h7-8,11,13H,4-6,9-10,15H2,1-3H3. The molecule has 1 heterocycles. The van der Waals surface area contributed by atoms with E-state index in [2.05, 4.69) is 42.6 Å². The van der Waals surface area contributed by atoms with Gasteiger partial charge in [-0.3, -0.25) is 0 Å². The zero-order valence-electron chi connectivity index (χ0n) is 11.3. The lowest BCUT2D eigenvalue weighted by Crippen LogP contribution is -2.30. The summed E-state index contributed by atoms with van der Waals surface area (Å²) in [7, 11) is 2.19. The van der Waals surface area contributed by atoms with Crippen LogP contribution < -0.4 is 5.73 Å². The van der Waals surface area contributed by atoms with Gasteiger partial charge in [0, 0.05) is 37.1 Å². The fourth-order valence-corrected chi connectivity index (χ4v) is 2.53. The van der Waals surface area contributed by atoms with Gasteiger partial charge in [0.05, 0.1) is 0 Å².